The molecular weight excluding hydrogens is 532 g/mol. The van der Waals surface area contributed by atoms with Crippen molar-refractivity contribution in [1.29, 1.82) is 0 Å². The van der Waals surface area contributed by atoms with Gasteiger partial charge in [-0.25, -0.2) is 4.79 Å². The van der Waals surface area contributed by atoms with E-state index in [1.54, 1.807) is 31.2 Å². The highest BCUT2D eigenvalue weighted by Crippen LogP contribution is 2.44. The van der Waals surface area contributed by atoms with E-state index in [4.69, 9.17) is 9.47 Å². The lowest BCUT2D eigenvalue weighted by molar-refractivity contribution is -0.114. The summed E-state index contributed by atoms with van der Waals surface area (Å²) in [5.41, 5.74) is 2.07. The maximum atomic E-state index is 13.1. The highest BCUT2D eigenvalue weighted by molar-refractivity contribution is 9.13. The zero-order valence-corrected chi connectivity index (χ0v) is 20.3. The monoisotopic (exact) mass is 550 g/mol. The van der Waals surface area contributed by atoms with Crippen molar-refractivity contribution in [1.82, 2.24) is 0 Å². The number of halogens is 2. The molecule has 0 unspecified atom stereocenters. The highest BCUT2D eigenvalue weighted by Gasteiger charge is 2.30. The molecule has 0 radical (unpaired) electrons. The van der Waals surface area contributed by atoms with E-state index in [0.717, 1.165) is 0 Å². The maximum Gasteiger partial charge on any atom is 0.335 e. The van der Waals surface area contributed by atoms with Crippen molar-refractivity contribution in [2.24, 2.45) is 5.10 Å². The number of carboxylic acid groups (broad SMARTS) is 1. The van der Waals surface area contributed by atoms with E-state index in [-0.39, 0.29) is 11.5 Å². The molecule has 1 N–H and O–H groups in total. The van der Waals surface area contributed by atoms with Crippen molar-refractivity contribution in [3.05, 3.63) is 56.0 Å². The van der Waals surface area contributed by atoms with Gasteiger partial charge in [-0.05, 0) is 88.5 Å². The first-order valence-corrected chi connectivity index (χ1v) is 11.1. The van der Waals surface area contributed by atoms with Crippen LogP contribution in [0.15, 0.2) is 50.0 Å². The first-order valence-electron chi connectivity index (χ1n) is 9.51. The summed E-state index contributed by atoms with van der Waals surface area (Å²) in [5, 5.41) is 14.8. The van der Waals surface area contributed by atoms with E-state index in [1.165, 1.54) is 17.1 Å². The summed E-state index contributed by atoms with van der Waals surface area (Å²) in [6.45, 7) is 6.42. The molecule has 0 aromatic heterocycles. The zero-order valence-electron chi connectivity index (χ0n) is 17.1. The number of carbonyl (C=O) groups is 2. The Bertz CT molecular complexity index is 1110. The van der Waals surface area contributed by atoms with Gasteiger partial charge in [-0.2, -0.15) is 10.1 Å². The van der Waals surface area contributed by atoms with E-state index in [1.807, 2.05) is 13.8 Å². The molecule has 0 saturated heterocycles. The largest absolute Gasteiger partial charge is 0.490 e. The summed E-state index contributed by atoms with van der Waals surface area (Å²) in [6.07, 6.45) is 1.72. The number of hydrazone groups is 1. The second-order valence-corrected chi connectivity index (χ2v) is 8.09. The van der Waals surface area contributed by atoms with Crippen molar-refractivity contribution < 1.29 is 24.2 Å². The molecule has 0 atom stereocenters. The molecule has 162 valence electrons. The first-order chi connectivity index (χ1) is 14.8. The van der Waals surface area contributed by atoms with Crippen molar-refractivity contribution in [2.75, 3.05) is 18.2 Å². The predicted octanol–water partition coefficient (Wildman–Crippen LogP) is 5.51. The molecule has 0 spiro atoms. The number of amides is 1. The predicted molar refractivity (Wildman–Crippen MR) is 126 cm³/mol. The second-order valence-electron chi connectivity index (χ2n) is 6.50. The van der Waals surface area contributed by atoms with Crippen molar-refractivity contribution in [2.45, 2.75) is 20.8 Å². The van der Waals surface area contributed by atoms with E-state index in [0.29, 0.717) is 56.2 Å². The van der Waals surface area contributed by atoms with Crippen LogP contribution in [-0.2, 0) is 4.79 Å². The Balaban J connectivity index is 2.03. The van der Waals surface area contributed by atoms with Crippen molar-refractivity contribution >= 4 is 61.2 Å². The molecule has 0 fully saturated rings. The average molecular weight is 552 g/mol. The minimum atomic E-state index is -1.07. The molecule has 31 heavy (non-hydrogen) atoms. The molecule has 0 aliphatic carbocycles. The zero-order chi connectivity index (χ0) is 22.7. The Morgan fingerprint density at radius 3 is 2.52 bits per heavy atom. The van der Waals surface area contributed by atoms with Gasteiger partial charge in [0.2, 0.25) is 0 Å². The summed E-state index contributed by atoms with van der Waals surface area (Å²) >= 11 is 7.10. The molecule has 7 nitrogen and oxygen atoms in total. The van der Waals surface area contributed by atoms with E-state index in [2.05, 4.69) is 37.0 Å². The van der Waals surface area contributed by atoms with Crippen molar-refractivity contribution in [3.8, 4) is 11.5 Å². The Morgan fingerprint density at radius 1 is 1.16 bits per heavy atom. The molecule has 9 heteroatoms. The number of carbonyl (C=O) groups excluding carboxylic acids is 1. The maximum absolute atomic E-state index is 13.1. The SMILES string of the molecule is CCOc1cc(C=C2C(=O)N(c3cccc(C(=O)O)c3)N=C2C)c(Br)c(Br)c1OCC. The number of aromatic carboxylic acids is 1. The lowest BCUT2D eigenvalue weighted by Crippen LogP contribution is -2.21. The third kappa shape index (κ3) is 4.67. The van der Waals surface area contributed by atoms with Gasteiger partial charge in [-0.3, -0.25) is 4.79 Å². The number of ether oxygens (including phenoxy) is 2. The number of rotatable bonds is 7. The molecule has 0 bridgehead atoms. The van der Waals surface area contributed by atoms with Crippen LogP contribution in [0.25, 0.3) is 6.08 Å². The van der Waals surface area contributed by atoms with Crippen LogP contribution in [0.2, 0.25) is 0 Å². The van der Waals surface area contributed by atoms with Gasteiger partial charge in [0.25, 0.3) is 5.91 Å². The number of hydrogen-bond acceptors (Lipinski definition) is 5. The molecule has 3 rings (SSSR count). The third-order valence-corrected chi connectivity index (χ3v) is 6.59. The first kappa shape index (κ1) is 23.0. The summed E-state index contributed by atoms with van der Waals surface area (Å²) in [4.78, 5) is 24.4. The Kier molecular flexibility index (Phi) is 7.17. The van der Waals surface area contributed by atoms with Gasteiger partial charge in [0.15, 0.2) is 11.5 Å². The summed E-state index contributed by atoms with van der Waals surface area (Å²) in [5.74, 6) is -0.294. The normalized spacial score (nSPS) is 14.7. The summed E-state index contributed by atoms with van der Waals surface area (Å²) in [6, 6.07) is 7.89. The molecule has 1 heterocycles. The quantitative estimate of drug-likeness (QED) is 0.458. The topological polar surface area (TPSA) is 88.4 Å². The Labute approximate surface area is 196 Å². The minimum absolute atomic E-state index is 0.0788. The second kappa shape index (κ2) is 9.65. The lowest BCUT2D eigenvalue weighted by atomic mass is 10.1. The number of hydrogen-bond donors (Lipinski definition) is 1. The molecule has 0 saturated carbocycles. The van der Waals surface area contributed by atoms with E-state index >= 15 is 0 Å². The number of nitrogens with zero attached hydrogens (tertiary/aromatic N) is 2. The van der Waals surface area contributed by atoms with Crippen LogP contribution >= 0.6 is 31.9 Å². The number of benzene rings is 2. The Morgan fingerprint density at radius 2 is 1.87 bits per heavy atom. The molecule has 1 aliphatic rings. The van der Waals surface area contributed by atoms with Crippen molar-refractivity contribution in [3.63, 3.8) is 0 Å². The fourth-order valence-corrected chi connectivity index (χ4v) is 3.98. The Hall–Kier alpha value is -2.65. The van der Waals surface area contributed by atoms with Crippen LogP contribution < -0.4 is 14.5 Å². The van der Waals surface area contributed by atoms with E-state index < -0.39 is 5.97 Å². The molecule has 1 aliphatic heterocycles. The number of carboxylic acids is 1. The van der Waals surface area contributed by atoms with Gasteiger partial charge < -0.3 is 14.6 Å². The van der Waals surface area contributed by atoms with Crippen LogP contribution in [0.3, 0.4) is 0 Å². The summed E-state index contributed by atoms with van der Waals surface area (Å²) < 4.78 is 12.8. The highest BCUT2D eigenvalue weighted by atomic mass is 79.9. The summed E-state index contributed by atoms with van der Waals surface area (Å²) in [7, 11) is 0. The molecule has 2 aromatic rings. The van der Waals surface area contributed by atoms with Gasteiger partial charge in [-0.1, -0.05) is 6.07 Å². The smallest absolute Gasteiger partial charge is 0.335 e. The molecule has 1 amide bonds. The minimum Gasteiger partial charge on any atom is -0.490 e. The van der Waals surface area contributed by atoms with Gasteiger partial charge >= 0.3 is 5.97 Å². The average Bonchev–Trinajstić information content (AvgIpc) is 3.03. The molecular formula is C22H20Br2N2O5. The van der Waals surface area contributed by atoms with Crippen LogP contribution in [0.5, 0.6) is 11.5 Å². The standard InChI is InChI=1S/C22H20Br2N2O5/c1-4-30-17-11-14(18(23)19(24)20(17)31-5-2)10-16-12(3)25-26(21(16)27)15-8-6-7-13(9-15)22(28)29/h6-11H,4-5H2,1-3H3,(H,28,29). The molecule has 2 aromatic carbocycles. The number of anilines is 1. The lowest BCUT2D eigenvalue weighted by Gasteiger charge is -2.16. The third-order valence-electron chi connectivity index (χ3n) is 4.44. The van der Waals surface area contributed by atoms with Crippen LogP contribution in [0.1, 0.15) is 36.7 Å². The van der Waals surface area contributed by atoms with Gasteiger partial charge in [0.1, 0.15) is 0 Å². The fraction of sp³-hybridized carbons (Fsp3) is 0.227. The van der Waals surface area contributed by atoms with E-state index in [9.17, 15) is 14.7 Å². The van der Waals surface area contributed by atoms with Crippen LogP contribution in [0, 0.1) is 0 Å². The van der Waals surface area contributed by atoms with Gasteiger partial charge in [-0.15, -0.1) is 0 Å². The van der Waals surface area contributed by atoms with Gasteiger partial charge in [0.05, 0.1) is 40.2 Å². The van der Waals surface area contributed by atoms with Gasteiger partial charge in [0, 0.05) is 4.47 Å². The fourth-order valence-electron chi connectivity index (χ4n) is 3.04. The van der Waals surface area contributed by atoms with Crippen LogP contribution in [-0.4, -0.2) is 35.9 Å². The van der Waals surface area contributed by atoms with Crippen LogP contribution in [0.4, 0.5) is 5.69 Å².